The second-order valence-corrected chi connectivity index (χ2v) is 9.16. The molecule has 1 aromatic carbocycles. The van der Waals surface area contributed by atoms with Gasteiger partial charge in [0.1, 0.15) is 5.76 Å². The summed E-state index contributed by atoms with van der Waals surface area (Å²) in [5, 5.41) is 6.00. The Bertz CT molecular complexity index is 1060. The highest BCUT2D eigenvalue weighted by atomic mass is 32.1. The highest BCUT2D eigenvalue weighted by molar-refractivity contribution is 7.13. The van der Waals surface area contributed by atoms with Crippen molar-refractivity contribution in [3.05, 3.63) is 64.9 Å². The zero-order valence-electron chi connectivity index (χ0n) is 17.7. The van der Waals surface area contributed by atoms with Gasteiger partial charge in [0.25, 0.3) is 5.91 Å². The summed E-state index contributed by atoms with van der Waals surface area (Å²) in [6, 6.07) is 13.9. The molecule has 1 saturated heterocycles. The van der Waals surface area contributed by atoms with Gasteiger partial charge in [-0.15, -0.1) is 11.3 Å². The van der Waals surface area contributed by atoms with Crippen LogP contribution in [0.1, 0.15) is 48.0 Å². The van der Waals surface area contributed by atoms with Gasteiger partial charge in [-0.05, 0) is 48.3 Å². The molecule has 0 bridgehead atoms. The van der Waals surface area contributed by atoms with Crippen LogP contribution >= 0.6 is 11.3 Å². The van der Waals surface area contributed by atoms with Crippen molar-refractivity contribution in [3.8, 4) is 10.4 Å². The topological polar surface area (TPSA) is 89.4 Å². The molecular formula is C24H27N3O3S. The van der Waals surface area contributed by atoms with Crippen molar-refractivity contribution in [2.45, 2.75) is 39.0 Å². The summed E-state index contributed by atoms with van der Waals surface area (Å²) in [6.07, 6.45) is 3.53. The fourth-order valence-electron chi connectivity index (χ4n) is 4.39. The fraction of sp³-hybridized carbons (Fsp3) is 0.375. The van der Waals surface area contributed by atoms with E-state index in [2.05, 4.69) is 23.4 Å². The zero-order chi connectivity index (χ0) is 21.8. The van der Waals surface area contributed by atoms with Gasteiger partial charge in [-0.25, -0.2) is 0 Å². The van der Waals surface area contributed by atoms with E-state index in [9.17, 15) is 9.59 Å². The van der Waals surface area contributed by atoms with E-state index < -0.39 is 5.41 Å². The first-order valence-electron chi connectivity index (χ1n) is 10.7. The number of amides is 2. The molecule has 31 heavy (non-hydrogen) atoms. The van der Waals surface area contributed by atoms with Crippen molar-refractivity contribution < 1.29 is 14.1 Å². The molecule has 1 fully saturated rings. The van der Waals surface area contributed by atoms with E-state index in [-0.39, 0.29) is 18.4 Å². The van der Waals surface area contributed by atoms with E-state index in [0.717, 1.165) is 35.3 Å². The molecule has 0 saturated carbocycles. The third-order valence-corrected chi connectivity index (χ3v) is 6.90. The van der Waals surface area contributed by atoms with Crippen LogP contribution in [0.4, 0.5) is 0 Å². The lowest BCUT2D eigenvalue weighted by atomic mass is 9.73. The number of aryl methyl sites for hydroxylation is 1. The van der Waals surface area contributed by atoms with Crippen LogP contribution in [0.2, 0.25) is 0 Å². The minimum atomic E-state index is -0.808. The van der Waals surface area contributed by atoms with Crippen molar-refractivity contribution >= 4 is 23.2 Å². The summed E-state index contributed by atoms with van der Waals surface area (Å²) < 4.78 is 5.28. The van der Waals surface area contributed by atoms with E-state index in [0.29, 0.717) is 30.8 Å². The van der Waals surface area contributed by atoms with Gasteiger partial charge >= 0.3 is 0 Å². The molecule has 0 unspecified atom stereocenters. The molecule has 0 spiro atoms. The van der Waals surface area contributed by atoms with Crippen LogP contribution in [0.15, 0.2) is 52.4 Å². The Morgan fingerprint density at radius 3 is 2.84 bits per heavy atom. The van der Waals surface area contributed by atoms with Crippen molar-refractivity contribution in [1.29, 1.82) is 0 Å². The number of nitrogens with two attached hydrogens (primary N) is 1. The summed E-state index contributed by atoms with van der Waals surface area (Å²) >= 11 is 1.67. The first-order chi connectivity index (χ1) is 15.0. The number of hydrogen-bond acceptors (Lipinski definition) is 5. The van der Waals surface area contributed by atoms with Crippen molar-refractivity contribution in [1.82, 2.24) is 10.1 Å². The molecule has 3 aromatic rings. The number of hydrogen-bond donors (Lipinski definition) is 1. The van der Waals surface area contributed by atoms with Crippen LogP contribution in [0, 0.1) is 5.41 Å². The number of likely N-dealkylation sites (tertiary alicyclic amines) is 1. The Kier molecular flexibility index (Phi) is 6.23. The first-order valence-corrected chi connectivity index (χ1v) is 11.6. The SMILES string of the molecule is CCCc1cc(C(=O)N2CCC[C@](Cc3ccccc3-c3cccs3)(C(N)=O)C2)no1. The number of thiophene rings is 1. The number of primary amides is 1. The number of nitrogens with zero attached hydrogens (tertiary/aromatic N) is 2. The van der Waals surface area contributed by atoms with Gasteiger partial charge in [0.05, 0.1) is 5.41 Å². The molecule has 2 amide bonds. The fourth-order valence-corrected chi connectivity index (χ4v) is 5.18. The Hall–Kier alpha value is -2.93. The molecule has 3 heterocycles. The minimum Gasteiger partial charge on any atom is -0.369 e. The standard InChI is InChI=1S/C24H27N3O3S/c1-2-7-18-14-20(26-30-18)22(28)27-12-6-11-24(16-27,23(25)29)15-17-8-3-4-9-19(17)21-10-5-13-31-21/h3-5,8-10,13-14H,2,6-7,11-12,15-16H2,1H3,(H2,25,29)/t24-/m1/s1. The van der Waals surface area contributed by atoms with Gasteiger partial charge < -0.3 is 15.2 Å². The van der Waals surface area contributed by atoms with E-state index in [1.165, 1.54) is 0 Å². The first kappa shape index (κ1) is 21.3. The number of rotatable bonds is 7. The van der Waals surface area contributed by atoms with Crippen LogP contribution in [-0.4, -0.2) is 35.0 Å². The van der Waals surface area contributed by atoms with E-state index in [4.69, 9.17) is 10.3 Å². The largest absolute Gasteiger partial charge is 0.369 e. The van der Waals surface area contributed by atoms with Gasteiger partial charge in [0, 0.05) is 30.5 Å². The maximum atomic E-state index is 13.1. The molecule has 2 N–H and O–H groups in total. The number of aromatic nitrogens is 1. The molecule has 2 aromatic heterocycles. The van der Waals surface area contributed by atoms with E-state index in [1.54, 1.807) is 22.3 Å². The molecule has 7 heteroatoms. The quantitative estimate of drug-likeness (QED) is 0.597. The lowest BCUT2D eigenvalue weighted by Gasteiger charge is -2.41. The van der Waals surface area contributed by atoms with Crippen molar-refractivity contribution in [3.63, 3.8) is 0 Å². The molecule has 4 rings (SSSR count). The summed E-state index contributed by atoms with van der Waals surface area (Å²) in [5.74, 6) is 0.134. The third-order valence-electron chi connectivity index (χ3n) is 5.99. The Morgan fingerprint density at radius 1 is 1.26 bits per heavy atom. The highest BCUT2D eigenvalue weighted by Crippen LogP contribution is 2.38. The van der Waals surface area contributed by atoms with Crippen LogP contribution < -0.4 is 5.73 Å². The monoisotopic (exact) mass is 437 g/mol. The lowest BCUT2D eigenvalue weighted by Crippen LogP contribution is -2.53. The summed E-state index contributed by atoms with van der Waals surface area (Å²) in [6.45, 7) is 2.91. The second kappa shape index (κ2) is 9.06. The summed E-state index contributed by atoms with van der Waals surface area (Å²) in [5.41, 5.74) is 7.63. The van der Waals surface area contributed by atoms with Gasteiger partial charge in [0.15, 0.2) is 5.69 Å². The molecule has 1 atom stereocenters. The van der Waals surface area contributed by atoms with Gasteiger partial charge in [-0.2, -0.15) is 0 Å². The third kappa shape index (κ3) is 4.42. The van der Waals surface area contributed by atoms with Crippen molar-refractivity contribution in [2.75, 3.05) is 13.1 Å². The molecular weight excluding hydrogens is 410 g/mol. The molecule has 162 valence electrons. The molecule has 1 aliphatic rings. The molecule has 6 nitrogen and oxygen atoms in total. The number of carbonyl (C=O) groups excluding carboxylic acids is 2. The lowest BCUT2D eigenvalue weighted by molar-refractivity contribution is -0.130. The average Bonchev–Trinajstić information content (AvgIpc) is 3.46. The van der Waals surface area contributed by atoms with Gasteiger partial charge in [-0.3, -0.25) is 9.59 Å². The van der Waals surface area contributed by atoms with Crippen LogP contribution in [0.5, 0.6) is 0 Å². The number of piperidine rings is 1. The molecule has 0 radical (unpaired) electrons. The summed E-state index contributed by atoms with van der Waals surface area (Å²) in [4.78, 5) is 28.7. The smallest absolute Gasteiger partial charge is 0.276 e. The van der Waals surface area contributed by atoms with Crippen LogP contribution in [0.3, 0.4) is 0 Å². The molecule has 1 aliphatic heterocycles. The summed E-state index contributed by atoms with van der Waals surface area (Å²) in [7, 11) is 0. The Labute approximate surface area is 186 Å². The van der Waals surface area contributed by atoms with Crippen molar-refractivity contribution in [2.24, 2.45) is 11.1 Å². The maximum Gasteiger partial charge on any atom is 0.276 e. The van der Waals surface area contributed by atoms with Gasteiger partial charge in [-0.1, -0.05) is 42.4 Å². The average molecular weight is 438 g/mol. The van der Waals surface area contributed by atoms with Gasteiger partial charge in [0.2, 0.25) is 5.91 Å². The maximum absolute atomic E-state index is 13.1. The Morgan fingerprint density at radius 2 is 2.10 bits per heavy atom. The predicted octanol–water partition coefficient (Wildman–Crippen LogP) is 4.31. The normalized spacial score (nSPS) is 18.8. The number of carbonyl (C=O) groups is 2. The highest BCUT2D eigenvalue weighted by Gasteiger charge is 2.43. The second-order valence-electron chi connectivity index (χ2n) is 8.21. The predicted molar refractivity (Wildman–Crippen MR) is 121 cm³/mol. The zero-order valence-corrected chi connectivity index (χ0v) is 18.5. The Balaban J connectivity index is 1.59. The molecule has 0 aliphatic carbocycles. The van der Waals surface area contributed by atoms with E-state index >= 15 is 0 Å². The van der Waals surface area contributed by atoms with Crippen LogP contribution in [-0.2, 0) is 17.6 Å². The van der Waals surface area contributed by atoms with Crippen LogP contribution in [0.25, 0.3) is 10.4 Å². The van der Waals surface area contributed by atoms with E-state index in [1.807, 2.05) is 30.5 Å². The number of benzene rings is 1. The minimum absolute atomic E-state index is 0.206.